The van der Waals surface area contributed by atoms with Gasteiger partial charge in [-0.2, -0.15) is 0 Å². The zero-order chi connectivity index (χ0) is 46.6. The lowest BCUT2D eigenvalue weighted by Crippen LogP contribution is -2.53. The van der Waals surface area contributed by atoms with Crippen LogP contribution in [0.4, 0.5) is 5.69 Å². The minimum absolute atomic E-state index is 0.0440. The van der Waals surface area contributed by atoms with E-state index >= 15 is 0 Å². The van der Waals surface area contributed by atoms with Crippen molar-refractivity contribution in [1.29, 1.82) is 0 Å². The molecule has 1 unspecified atom stereocenters. The molecule has 5 aliphatic heterocycles. The number of hydrogen-bond acceptors (Lipinski definition) is 11. The van der Waals surface area contributed by atoms with Crippen LogP contribution < -0.4 is 15.0 Å². The van der Waals surface area contributed by atoms with E-state index in [2.05, 4.69) is 54.0 Å². The molecule has 3 saturated carbocycles. The quantitative estimate of drug-likeness (QED) is 0.149. The summed E-state index contributed by atoms with van der Waals surface area (Å²) in [5, 5.41) is 3.44. The molecule has 2 bridgehead atoms. The number of piperidine rings is 2. The summed E-state index contributed by atoms with van der Waals surface area (Å²) >= 11 is 0. The van der Waals surface area contributed by atoms with Crippen LogP contribution in [0.3, 0.4) is 0 Å². The van der Waals surface area contributed by atoms with E-state index in [1.54, 1.807) is 4.90 Å². The Bertz CT molecular complexity index is 2910. The number of piperazine rings is 1. The van der Waals surface area contributed by atoms with Crippen molar-refractivity contribution in [2.24, 2.45) is 17.3 Å². The second-order valence-electron chi connectivity index (χ2n) is 20.5. The number of imide groups is 1. The van der Waals surface area contributed by atoms with Crippen molar-refractivity contribution in [3.05, 3.63) is 113 Å². The van der Waals surface area contributed by atoms with Crippen LogP contribution in [-0.2, 0) is 33.9 Å². The van der Waals surface area contributed by atoms with Crippen LogP contribution in [0.25, 0.3) is 22.3 Å². The lowest BCUT2D eigenvalue weighted by molar-refractivity contribution is -0.138. The summed E-state index contributed by atoms with van der Waals surface area (Å²) in [6, 6.07) is 24.3. The number of carbonyl (C=O) groups is 4. The van der Waals surface area contributed by atoms with Gasteiger partial charge in [-0.05, 0) is 117 Å². The highest BCUT2D eigenvalue weighted by Crippen LogP contribution is 2.62. The third-order valence-corrected chi connectivity index (χ3v) is 16.2. The molecule has 14 nitrogen and oxygen atoms in total. The number of benzene rings is 3. The van der Waals surface area contributed by atoms with Crippen LogP contribution in [-0.4, -0.2) is 129 Å². The van der Waals surface area contributed by atoms with Crippen LogP contribution in [0.5, 0.6) is 5.75 Å². The van der Waals surface area contributed by atoms with Crippen LogP contribution in [0.2, 0.25) is 0 Å². The Balaban J connectivity index is 0.568. The highest BCUT2D eigenvalue weighted by molar-refractivity contribution is 6.05. The summed E-state index contributed by atoms with van der Waals surface area (Å²) in [4.78, 5) is 76.7. The largest absolute Gasteiger partial charge is 0.493 e. The molecule has 6 fully saturated rings. The zero-order valence-corrected chi connectivity index (χ0v) is 38.9. The van der Waals surface area contributed by atoms with Gasteiger partial charge < -0.3 is 19.4 Å². The molecule has 1 N–H and O–H groups in total. The number of hydrogen-bond donors (Lipinski definition) is 1. The maximum absolute atomic E-state index is 14.0. The summed E-state index contributed by atoms with van der Waals surface area (Å²) in [5.74, 6) is 8.23. The SMILES string of the molecule is O=C1CCC(N2Cc3cc(N4CCC(N5CCN(CC#Cc6ccc(OCC78CC(C7)[C@@H](C(=O)N7CCc9cnc(-c%10cnc%11ccccc%11c%10)nc9C7)C8)cc6)CC5)CC4)ccc3C2=O)C(=O)N1. The molecular weight excluding hydrogens is 867 g/mol. The molecule has 5 aromatic rings. The van der Waals surface area contributed by atoms with E-state index in [9.17, 15) is 19.2 Å². The Hall–Kier alpha value is -6.69. The smallest absolute Gasteiger partial charge is 0.255 e. The van der Waals surface area contributed by atoms with Gasteiger partial charge >= 0.3 is 0 Å². The summed E-state index contributed by atoms with van der Waals surface area (Å²) in [5.41, 5.74) is 7.67. The van der Waals surface area contributed by atoms with Crippen molar-refractivity contribution in [3.63, 3.8) is 0 Å². The molecule has 352 valence electrons. The monoisotopic (exact) mass is 923 g/mol. The minimum atomic E-state index is -0.595. The lowest BCUT2D eigenvalue weighted by atomic mass is 9.70. The standard InChI is InChI=1S/C55H57N9O5/c65-50-14-13-49(52(66)59-50)64-33-40-27-43(9-12-45(40)54(64)68)61-20-16-42(17-21-61)62-24-22-60(23-25-62)18-3-4-36-7-10-44(11-8-36)69-35-55-28-41(29-55)46(30-55)53(67)63-19-15-38-31-57-51(58-48(38)34-63)39-26-37-5-1-2-6-47(37)56-32-39/h1-2,5-12,26-27,31-32,41-42,46,49H,13-25,28-30,33-35H2,(H,59,65,66)/t41?,46-,49?,55?/m0/s1. The first-order valence-electron chi connectivity index (χ1n) is 24.9. The topological polar surface area (TPSA) is 144 Å². The maximum atomic E-state index is 14.0. The average molecular weight is 924 g/mol. The van der Waals surface area contributed by atoms with Crippen LogP contribution in [0.1, 0.15) is 77.7 Å². The van der Waals surface area contributed by atoms with Gasteiger partial charge in [0.1, 0.15) is 11.8 Å². The molecule has 3 aromatic carbocycles. The summed E-state index contributed by atoms with van der Waals surface area (Å²) in [7, 11) is 0. The highest BCUT2D eigenvalue weighted by atomic mass is 16.5. The molecule has 8 aliphatic rings. The third kappa shape index (κ3) is 8.61. The molecule has 69 heavy (non-hydrogen) atoms. The van der Waals surface area contributed by atoms with Gasteiger partial charge in [0, 0.05) is 116 Å². The number of amides is 4. The number of anilines is 1. The van der Waals surface area contributed by atoms with Crippen molar-refractivity contribution in [3.8, 4) is 29.0 Å². The fraction of sp³-hybridized carbons (Fsp3) is 0.436. The van der Waals surface area contributed by atoms with Crippen LogP contribution in [0.15, 0.2) is 85.2 Å². The second kappa shape index (κ2) is 18.0. The number of nitrogens with zero attached hydrogens (tertiary/aromatic N) is 8. The number of nitrogens with one attached hydrogen (secondary N) is 1. The maximum Gasteiger partial charge on any atom is 0.255 e. The highest BCUT2D eigenvalue weighted by Gasteiger charge is 2.59. The Morgan fingerprint density at radius 2 is 1.64 bits per heavy atom. The van der Waals surface area contributed by atoms with Gasteiger partial charge in [-0.25, -0.2) is 9.97 Å². The van der Waals surface area contributed by atoms with Crippen molar-refractivity contribution in [2.45, 2.75) is 76.5 Å². The molecule has 7 heterocycles. The van der Waals surface area contributed by atoms with Crippen molar-refractivity contribution >= 4 is 40.2 Å². The summed E-state index contributed by atoms with van der Waals surface area (Å²) in [6.45, 7) is 9.03. The van der Waals surface area contributed by atoms with Gasteiger partial charge in [0.05, 0.1) is 30.9 Å². The van der Waals surface area contributed by atoms with E-state index in [1.165, 1.54) is 0 Å². The van der Waals surface area contributed by atoms with Gasteiger partial charge in [0.15, 0.2) is 5.82 Å². The predicted octanol–water partition coefficient (Wildman–Crippen LogP) is 5.47. The van der Waals surface area contributed by atoms with Crippen molar-refractivity contribution in [1.82, 2.24) is 39.9 Å². The van der Waals surface area contributed by atoms with Crippen molar-refractivity contribution < 1.29 is 23.9 Å². The fourth-order valence-electron chi connectivity index (χ4n) is 12.3. The third-order valence-electron chi connectivity index (χ3n) is 16.2. The van der Waals surface area contributed by atoms with Gasteiger partial charge in [0.2, 0.25) is 17.7 Å². The Kier molecular flexibility index (Phi) is 11.4. The number of carbonyl (C=O) groups excluding carboxylic acids is 4. The summed E-state index contributed by atoms with van der Waals surface area (Å²) < 4.78 is 6.38. The first-order chi connectivity index (χ1) is 33.7. The van der Waals surface area contributed by atoms with Crippen LogP contribution in [0, 0.1) is 29.1 Å². The van der Waals surface area contributed by atoms with E-state index in [0.717, 1.165) is 135 Å². The average Bonchev–Trinajstić information content (AvgIpc) is 4.05. The molecule has 2 aromatic heterocycles. The molecule has 14 heteroatoms. The Morgan fingerprint density at radius 3 is 2.46 bits per heavy atom. The number of fused-ring (bicyclic) bond motifs is 4. The number of pyridine rings is 1. The molecule has 0 radical (unpaired) electrons. The number of ether oxygens (including phenoxy) is 1. The number of aromatic nitrogens is 3. The Morgan fingerprint density at radius 1 is 0.812 bits per heavy atom. The molecule has 2 atom stereocenters. The normalized spacial score (nSPS) is 24.9. The minimum Gasteiger partial charge on any atom is -0.493 e. The molecule has 3 aliphatic carbocycles. The molecule has 3 saturated heterocycles. The second-order valence-corrected chi connectivity index (χ2v) is 20.5. The number of para-hydroxylation sites is 1. The van der Waals surface area contributed by atoms with E-state index < -0.39 is 6.04 Å². The first kappa shape index (κ1) is 43.6. The van der Waals surface area contributed by atoms with Gasteiger partial charge in [0.25, 0.3) is 5.91 Å². The predicted molar refractivity (Wildman–Crippen MR) is 260 cm³/mol. The molecule has 13 rings (SSSR count). The Labute approximate surface area is 402 Å². The lowest BCUT2D eigenvalue weighted by Gasteiger charge is -2.43. The van der Waals surface area contributed by atoms with Crippen molar-refractivity contribution in [2.75, 3.05) is 63.9 Å². The van der Waals surface area contributed by atoms with Gasteiger partial charge in [-0.15, -0.1) is 0 Å². The van der Waals surface area contributed by atoms with E-state index in [4.69, 9.17) is 9.72 Å². The van der Waals surface area contributed by atoms with Crippen LogP contribution >= 0.6 is 0 Å². The van der Waals surface area contributed by atoms with E-state index in [-0.39, 0.29) is 41.4 Å². The number of rotatable bonds is 9. The molecular formula is C55H57N9O5. The molecule has 0 spiro atoms. The summed E-state index contributed by atoms with van der Waals surface area (Å²) in [6.07, 6.45) is 10.3. The van der Waals surface area contributed by atoms with Gasteiger partial charge in [-0.3, -0.25) is 39.3 Å². The first-order valence-corrected chi connectivity index (χ1v) is 24.9. The fourth-order valence-corrected chi connectivity index (χ4v) is 12.3. The van der Waals surface area contributed by atoms with E-state index in [1.807, 2.05) is 78.0 Å². The van der Waals surface area contributed by atoms with E-state index in [0.29, 0.717) is 56.0 Å². The molecule has 4 amide bonds. The van der Waals surface area contributed by atoms with Gasteiger partial charge in [-0.1, -0.05) is 30.0 Å². The zero-order valence-electron chi connectivity index (χ0n) is 38.9.